The Labute approximate surface area is 188 Å². The number of benzene rings is 1. The molecule has 2 N–H and O–H groups in total. The number of anilines is 1. The van der Waals surface area contributed by atoms with Crippen molar-refractivity contribution in [1.29, 1.82) is 0 Å². The highest BCUT2D eigenvalue weighted by Crippen LogP contribution is 2.23. The fourth-order valence-corrected chi connectivity index (χ4v) is 3.62. The summed E-state index contributed by atoms with van der Waals surface area (Å²) in [6.45, 7) is 5.01. The van der Waals surface area contributed by atoms with Gasteiger partial charge < -0.3 is 15.5 Å². The number of aromatic nitrogens is 3. The minimum absolute atomic E-state index is 0. The van der Waals surface area contributed by atoms with Crippen LogP contribution in [0.1, 0.15) is 37.2 Å². The highest BCUT2D eigenvalue weighted by atomic mass is 127. The van der Waals surface area contributed by atoms with Crippen LogP contribution in [0.5, 0.6) is 0 Å². The fraction of sp³-hybridized carbons (Fsp3) is 0.381. The molecule has 3 aromatic rings. The van der Waals surface area contributed by atoms with Crippen molar-refractivity contribution in [3.8, 4) is 0 Å². The van der Waals surface area contributed by atoms with Gasteiger partial charge in [0.25, 0.3) is 0 Å². The molecule has 0 spiro atoms. The van der Waals surface area contributed by atoms with E-state index in [0.29, 0.717) is 6.54 Å². The molecule has 1 atom stereocenters. The van der Waals surface area contributed by atoms with E-state index < -0.39 is 0 Å². The molecule has 1 unspecified atom stereocenters. The molecule has 1 aromatic carbocycles. The number of hydrogen-bond donors (Lipinski definition) is 2. The van der Waals surface area contributed by atoms with Gasteiger partial charge in [0.2, 0.25) is 0 Å². The van der Waals surface area contributed by atoms with Gasteiger partial charge >= 0.3 is 0 Å². The third-order valence-electron chi connectivity index (χ3n) is 5.22. The molecule has 7 nitrogen and oxygen atoms in total. The lowest BCUT2D eigenvalue weighted by molar-refractivity contribution is 0.677. The maximum Gasteiger partial charge on any atom is 0.191 e. The number of hydrogen-bond acceptors (Lipinski definition) is 4. The van der Waals surface area contributed by atoms with Crippen molar-refractivity contribution in [2.45, 2.75) is 32.4 Å². The first-order valence-electron chi connectivity index (χ1n) is 9.85. The molecule has 8 heteroatoms. The molecule has 1 fully saturated rings. The van der Waals surface area contributed by atoms with Gasteiger partial charge in [0, 0.05) is 32.0 Å². The summed E-state index contributed by atoms with van der Waals surface area (Å²) in [4.78, 5) is 6.82. The first kappa shape index (κ1) is 21.4. The highest BCUT2D eigenvalue weighted by Gasteiger charge is 2.15. The van der Waals surface area contributed by atoms with E-state index in [1.54, 1.807) is 7.05 Å². The predicted molar refractivity (Wildman–Crippen MR) is 128 cm³/mol. The number of pyridine rings is 1. The Kier molecular flexibility index (Phi) is 7.29. The summed E-state index contributed by atoms with van der Waals surface area (Å²) in [5.74, 6) is 1.59. The second-order valence-corrected chi connectivity index (χ2v) is 7.13. The van der Waals surface area contributed by atoms with Crippen molar-refractivity contribution in [3.05, 3.63) is 60.0 Å². The van der Waals surface area contributed by atoms with E-state index in [0.717, 1.165) is 30.5 Å². The Bertz CT molecular complexity index is 962. The van der Waals surface area contributed by atoms with Crippen molar-refractivity contribution in [2.24, 2.45) is 4.99 Å². The quantitative estimate of drug-likeness (QED) is 0.316. The van der Waals surface area contributed by atoms with E-state index in [2.05, 4.69) is 61.9 Å². The molecule has 154 valence electrons. The number of rotatable bonds is 5. The molecule has 3 heterocycles. The lowest BCUT2D eigenvalue weighted by Crippen LogP contribution is -2.38. The lowest BCUT2D eigenvalue weighted by Gasteiger charge is -2.22. The van der Waals surface area contributed by atoms with E-state index in [9.17, 15) is 0 Å². The van der Waals surface area contributed by atoms with E-state index in [1.165, 1.54) is 24.1 Å². The molecule has 1 aliphatic rings. The van der Waals surface area contributed by atoms with E-state index >= 15 is 0 Å². The van der Waals surface area contributed by atoms with Crippen LogP contribution in [-0.4, -0.2) is 40.7 Å². The van der Waals surface area contributed by atoms with Crippen LogP contribution in [0, 0.1) is 0 Å². The molecule has 1 saturated heterocycles. The van der Waals surface area contributed by atoms with Gasteiger partial charge in [-0.3, -0.25) is 9.39 Å². The average molecular weight is 505 g/mol. The van der Waals surface area contributed by atoms with Gasteiger partial charge in [-0.25, -0.2) is 0 Å². The molecule has 0 radical (unpaired) electrons. The maximum atomic E-state index is 4.36. The number of halogens is 1. The zero-order valence-corrected chi connectivity index (χ0v) is 19.2. The van der Waals surface area contributed by atoms with Crippen LogP contribution >= 0.6 is 24.0 Å². The van der Waals surface area contributed by atoms with Crippen LogP contribution in [0.2, 0.25) is 0 Å². The smallest absolute Gasteiger partial charge is 0.191 e. The van der Waals surface area contributed by atoms with Crippen LogP contribution < -0.4 is 15.5 Å². The van der Waals surface area contributed by atoms with Crippen LogP contribution in [0.3, 0.4) is 0 Å². The lowest BCUT2D eigenvalue weighted by atomic mass is 10.1. The van der Waals surface area contributed by atoms with Gasteiger partial charge in [0.15, 0.2) is 17.4 Å². The molecule has 1 aliphatic heterocycles. The van der Waals surface area contributed by atoms with Crippen LogP contribution in [0.4, 0.5) is 5.69 Å². The first-order chi connectivity index (χ1) is 13.7. The van der Waals surface area contributed by atoms with Crippen LogP contribution in [0.25, 0.3) is 5.65 Å². The summed E-state index contributed by atoms with van der Waals surface area (Å²) in [6, 6.07) is 14.8. The summed E-state index contributed by atoms with van der Waals surface area (Å²) in [6.07, 6.45) is 4.53. The summed E-state index contributed by atoms with van der Waals surface area (Å²) in [5.41, 5.74) is 3.40. The molecule has 4 rings (SSSR count). The summed E-state index contributed by atoms with van der Waals surface area (Å²) >= 11 is 0. The maximum absolute atomic E-state index is 4.36. The summed E-state index contributed by atoms with van der Waals surface area (Å²) in [5, 5.41) is 15.3. The van der Waals surface area contributed by atoms with Crippen molar-refractivity contribution in [3.63, 3.8) is 0 Å². The zero-order chi connectivity index (χ0) is 19.3. The number of fused-ring (bicyclic) bond motifs is 1. The number of guanidine groups is 1. The average Bonchev–Trinajstić information content (AvgIpc) is 3.41. The third kappa shape index (κ3) is 4.98. The minimum atomic E-state index is 0. The number of aliphatic imine (C=N–C) groups is 1. The predicted octanol–water partition coefficient (Wildman–Crippen LogP) is 3.37. The summed E-state index contributed by atoms with van der Waals surface area (Å²) in [7, 11) is 1.78. The Morgan fingerprint density at radius 3 is 2.76 bits per heavy atom. The normalized spacial score (nSPS) is 15.2. The minimum Gasteiger partial charge on any atom is -0.372 e. The molecular weight excluding hydrogens is 477 g/mol. The van der Waals surface area contributed by atoms with Crippen LogP contribution in [-0.2, 0) is 6.54 Å². The molecule has 0 saturated carbocycles. The largest absolute Gasteiger partial charge is 0.372 e. The van der Waals surface area contributed by atoms with Gasteiger partial charge in [0.05, 0.1) is 12.6 Å². The second-order valence-electron chi connectivity index (χ2n) is 7.13. The van der Waals surface area contributed by atoms with E-state index in [-0.39, 0.29) is 30.0 Å². The molecule has 0 bridgehead atoms. The van der Waals surface area contributed by atoms with Crippen LogP contribution in [0.15, 0.2) is 53.7 Å². The topological polar surface area (TPSA) is 69.8 Å². The standard InChI is InChI=1S/C21H27N7.HI/c1-16(17-8-7-9-18(14-17)27-11-5-6-12-27)24-21(22-2)23-15-20-26-25-19-10-3-4-13-28(19)20;/h3-4,7-10,13-14,16H,5-6,11-12,15H2,1-2H3,(H2,22,23,24);1H. The van der Waals surface area contributed by atoms with E-state index in [1.807, 2.05) is 28.8 Å². The second kappa shape index (κ2) is 9.91. The molecule has 0 aliphatic carbocycles. The Hall–Kier alpha value is -2.36. The Morgan fingerprint density at radius 2 is 1.97 bits per heavy atom. The third-order valence-corrected chi connectivity index (χ3v) is 5.22. The monoisotopic (exact) mass is 505 g/mol. The van der Waals surface area contributed by atoms with Crippen molar-refractivity contribution in [2.75, 3.05) is 25.0 Å². The molecular formula is C21H28IN7. The van der Waals surface area contributed by atoms with Crippen molar-refractivity contribution < 1.29 is 0 Å². The Balaban J connectivity index is 0.00000240. The number of nitrogens with one attached hydrogen (secondary N) is 2. The van der Waals surface area contributed by atoms with Gasteiger partial charge in [-0.05, 0) is 49.6 Å². The zero-order valence-electron chi connectivity index (χ0n) is 16.9. The van der Waals surface area contributed by atoms with Gasteiger partial charge in [0.1, 0.15) is 0 Å². The van der Waals surface area contributed by atoms with E-state index in [4.69, 9.17) is 0 Å². The summed E-state index contributed by atoms with van der Waals surface area (Å²) < 4.78 is 1.98. The SMILES string of the molecule is CN=C(NCc1nnc2ccccn12)NC(C)c1cccc(N2CCCC2)c1.I. The van der Waals surface area contributed by atoms with Crippen molar-refractivity contribution >= 4 is 41.3 Å². The van der Waals surface area contributed by atoms with Gasteiger partial charge in [-0.15, -0.1) is 34.2 Å². The highest BCUT2D eigenvalue weighted by molar-refractivity contribution is 14.0. The van der Waals surface area contributed by atoms with Crippen molar-refractivity contribution in [1.82, 2.24) is 25.2 Å². The Morgan fingerprint density at radius 1 is 1.14 bits per heavy atom. The fourth-order valence-electron chi connectivity index (χ4n) is 3.62. The number of nitrogens with zero attached hydrogens (tertiary/aromatic N) is 5. The first-order valence-corrected chi connectivity index (χ1v) is 9.85. The molecule has 2 aromatic heterocycles. The van der Waals surface area contributed by atoms with Gasteiger partial charge in [-0.1, -0.05) is 18.2 Å². The van der Waals surface area contributed by atoms with Gasteiger partial charge in [-0.2, -0.15) is 0 Å². The molecule has 29 heavy (non-hydrogen) atoms. The molecule has 0 amide bonds.